The van der Waals surface area contributed by atoms with Crippen LogP contribution >= 0.6 is 11.3 Å². The molecule has 4 nitrogen and oxygen atoms in total. The second-order valence-electron chi connectivity index (χ2n) is 8.59. The number of amides is 1. The molecule has 0 aromatic carbocycles. The van der Waals surface area contributed by atoms with Gasteiger partial charge >= 0.3 is 6.09 Å². The summed E-state index contributed by atoms with van der Waals surface area (Å²) in [5.74, 6) is 1.10. The van der Waals surface area contributed by atoms with E-state index in [0.29, 0.717) is 17.9 Å². The Balaban J connectivity index is 1.48. The molecule has 1 aromatic rings. The van der Waals surface area contributed by atoms with Crippen LogP contribution in [0.5, 0.6) is 0 Å². The van der Waals surface area contributed by atoms with Crippen LogP contribution in [0.1, 0.15) is 44.9 Å². The molecule has 0 saturated carbocycles. The second-order valence-corrected chi connectivity index (χ2v) is 9.57. The zero-order valence-electron chi connectivity index (χ0n) is 15.3. The highest BCUT2D eigenvalue weighted by Crippen LogP contribution is 2.50. The molecular formula is C20H28N2O2S. The van der Waals surface area contributed by atoms with Gasteiger partial charge in [-0.3, -0.25) is 4.90 Å². The molecule has 4 bridgehead atoms. The van der Waals surface area contributed by atoms with Gasteiger partial charge < -0.3 is 10.1 Å². The topological polar surface area (TPSA) is 41.6 Å². The molecule has 5 rings (SSSR count). The van der Waals surface area contributed by atoms with Crippen molar-refractivity contribution in [1.29, 1.82) is 0 Å². The number of hydrogen-bond acceptors (Lipinski definition) is 4. The van der Waals surface area contributed by atoms with Crippen LogP contribution in [-0.4, -0.2) is 41.8 Å². The molecule has 4 fully saturated rings. The number of fused-ring (bicyclic) bond motifs is 1. The zero-order valence-corrected chi connectivity index (χ0v) is 16.1. The number of thiophene rings is 1. The normalized spacial score (nSPS) is 35.2. The van der Waals surface area contributed by atoms with Crippen LogP contribution in [0.4, 0.5) is 4.79 Å². The smallest absolute Gasteiger partial charge is 0.407 e. The molecule has 1 amide bonds. The largest absolute Gasteiger partial charge is 0.444 e. The summed E-state index contributed by atoms with van der Waals surface area (Å²) in [6.45, 7) is 7.55. The molecule has 1 unspecified atom stereocenters. The molecule has 136 valence electrons. The predicted molar refractivity (Wildman–Crippen MR) is 102 cm³/mol. The Hall–Kier alpha value is -1.33. The van der Waals surface area contributed by atoms with Gasteiger partial charge in [0.25, 0.3) is 0 Å². The molecule has 1 aromatic heterocycles. The van der Waals surface area contributed by atoms with E-state index in [0.717, 1.165) is 19.1 Å². The van der Waals surface area contributed by atoms with Crippen LogP contribution in [0.15, 0.2) is 23.1 Å². The van der Waals surface area contributed by atoms with Crippen LogP contribution in [-0.2, 0) is 4.74 Å². The number of nitrogens with one attached hydrogen (secondary N) is 1. The zero-order chi connectivity index (χ0) is 17.6. The summed E-state index contributed by atoms with van der Waals surface area (Å²) >= 11 is 1.80. The number of carbonyl (C=O) groups excluding carboxylic acids is 1. The summed E-state index contributed by atoms with van der Waals surface area (Å²) in [6.07, 6.45) is 5.93. The first-order chi connectivity index (χ1) is 11.9. The Kier molecular flexibility index (Phi) is 4.40. The first-order valence-corrected chi connectivity index (χ1v) is 10.3. The van der Waals surface area contributed by atoms with Gasteiger partial charge in [0.1, 0.15) is 5.60 Å². The third-order valence-corrected chi connectivity index (χ3v) is 6.64. The van der Waals surface area contributed by atoms with E-state index in [2.05, 4.69) is 33.8 Å². The molecule has 4 saturated heterocycles. The van der Waals surface area contributed by atoms with Crippen LogP contribution in [0.25, 0.3) is 6.08 Å². The highest BCUT2D eigenvalue weighted by molar-refractivity contribution is 7.10. The van der Waals surface area contributed by atoms with Gasteiger partial charge in [0.05, 0.1) is 0 Å². The lowest BCUT2D eigenvalue weighted by atomic mass is 9.71. The Labute approximate surface area is 154 Å². The first-order valence-electron chi connectivity index (χ1n) is 9.37. The van der Waals surface area contributed by atoms with Gasteiger partial charge in [-0.15, -0.1) is 11.3 Å². The minimum absolute atomic E-state index is 0.290. The van der Waals surface area contributed by atoms with Gasteiger partial charge in [-0.25, -0.2) is 4.79 Å². The summed E-state index contributed by atoms with van der Waals surface area (Å²) in [4.78, 5) is 16.1. The van der Waals surface area contributed by atoms with Crippen LogP contribution < -0.4 is 5.32 Å². The molecule has 0 spiro atoms. The van der Waals surface area contributed by atoms with Crippen molar-refractivity contribution in [3.63, 3.8) is 0 Å². The Bertz CT molecular complexity index is 662. The Morgan fingerprint density at radius 2 is 2.28 bits per heavy atom. The van der Waals surface area contributed by atoms with Crippen molar-refractivity contribution in [1.82, 2.24) is 10.2 Å². The van der Waals surface area contributed by atoms with Crippen molar-refractivity contribution in [2.45, 2.75) is 57.7 Å². The number of alkyl carbamates (subject to hydrolysis) is 1. The van der Waals surface area contributed by atoms with Crippen molar-refractivity contribution in [2.75, 3.05) is 13.1 Å². The van der Waals surface area contributed by atoms with Crippen LogP contribution in [0, 0.1) is 11.8 Å². The lowest BCUT2D eigenvalue weighted by Crippen LogP contribution is -2.58. The summed E-state index contributed by atoms with van der Waals surface area (Å²) in [7, 11) is 0. The third kappa shape index (κ3) is 3.49. The maximum absolute atomic E-state index is 12.1. The molecule has 25 heavy (non-hydrogen) atoms. The number of nitrogens with zero attached hydrogens (tertiary/aromatic N) is 1. The highest BCUT2D eigenvalue weighted by atomic mass is 32.1. The summed E-state index contributed by atoms with van der Waals surface area (Å²) < 4.78 is 5.42. The van der Waals surface area contributed by atoms with E-state index in [4.69, 9.17) is 4.74 Å². The average Bonchev–Trinajstić information content (AvgIpc) is 3.13. The minimum atomic E-state index is -0.443. The van der Waals surface area contributed by atoms with Crippen molar-refractivity contribution in [3.05, 3.63) is 28.0 Å². The molecule has 5 heteroatoms. The predicted octanol–water partition coefficient (Wildman–Crippen LogP) is 4.14. The molecule has 1 N–H and O–H groups in total. The third-order valence-electron chi connectivity index (χ3n) is 5.82. The van der Waals surface area contributed by atoms with Crippen molar-refractivity contribution in [2.24, 2.45) is 11.8 Å². The molecule has 5 atom stereocenters. The number of hydrogen-bond donors (Lipinski definition) is 1. The van der Waals surface area contributed by atoms with E-state index < -0.39 is 5.60 Å². The highest BCUT2D eigenvalue weighted by Gasteiger charge is 2.52. The van der Waals surface area contributed by atoms with Crippen molar-refractivity contribution >= 4 is 23.5 Å². The lowest BCUT2D eigenvalue weighted by molar-refractivity contribution is 0.0209. The maximum atomic E-state index is 12.1. The van der Waals surface area contributed by atoms with Crippen LogP contribution in [0.2, 0.25) is 0 Å². The number of ether oxygens (including phenoxy) is 1. The van der Waals surface area contributed by atoms with E-state index in [1.807, 2.05) is 20.8 Å². The van der Waals surface area contributed by atoms with Gasteiger partial charge in [-0.1, -0.05) is 11.6 Å². The molecular weight excluding hydrogens is 332 g/mol. The number of rotatable bonds is 3. The summed E-state index contributed by atoms with van der Waals surface area (Å²) in [5.41, 5.74) is 1.11. The van der Waals surface area contributed by atoms with Gasteiger partial charge in [0.15, 0.2) is 0 Å². The van der Waals surface area contributed by atoms with E-state index in [-0.39, 0.29) is 6.09 Å². The Morgan fingerprint density at radius 1 is 1.44 bits per heavy atom. The van der Waals surface area contributed by atoms with Crippen molar-refractivity contribution < 1.29 is 9.53 Å². The van der Waals surface area contributed by atoms with E-state index >= 15 is 0 Å². The van der Waals surface area contributed by atoms with Gasteiger partial charge in [0.2, 0.25) is 0 Å². The monoisotopic (exact) mass is 360 g/mol. The van der Waals surface area contributed by atoms with Gasteiger partial charge in [0, 0.05) is 30.1 Å². The number of carbonyl (C=O) groups is 1. The fourth-order valence-electron chi connectivity index (χ4n) is 4.92. The first kappa shape index (κ1) is 17.1. The van der Waals surface area contributed by atoms with E-state index in [9.17, 15) is 4.79 Å². The lowest BCUT2D eigenvalue weighted by Gasteiger charge is -2.52. The molecule has 5 heterocycles. The Morgan fingerprint density at radius 3 is 3.00 bits per heavy atom. The fourth-order valence-corrected chi connectivity index (χ4v) is 5.61. The maximum Gasteiger partial charge on any atom is 0.407 e. The molecule has 0 aliphatic carbocycles. The summed E-state index contributed by atoms with van der Waals surface area (Å²) in [6, 6.07) is 5.69. The van der Waals surface area contributed by atoms with Crippen molar-refractivity contribution in [3.8, 4) is 0 Å². The number of piperidine rings is 3. The van der Waals surface area contributed by atoms with Crippen LogP contribution in [0.3, 0.4) is 0 Å². The quantitative estimate of drug-likeness (QED) is 0.881. The minimum Gasteiger partial charge on any atom is -0.444 e. The molecule has 0 radical (unpaired) electrons. The van der Waals surface area contributed by atoms with Gasteiger partial charge in [-0.05, 0) is 69.4 Å². The summed E-state index contributed by atoms with van der Waals surface area (Å²) in [5, 5.41) is 5.18. The average molecular weight is 361 g/mol. The molecule has 4 aliphatic heterocycles. The standard InChI is InChI=1S/C20H28N2O2S/c1-20(2,3)24-19(23)21-11-17-16-10-14-6-7-18(17)22(14)12-13(16)9-15-5-4-8-25-15/h4-5,8-9,14,16-18H,6-7,10-12H2,1-3H3,(H,21,23)/b13-9+/t14-,16+,17+,18+/m0/s1. The molecule has 4 aliphatic rings. The van der Waals surface area contributed by atoms with Gasteiger partial charge in [-0.2, -0.15) is 0 Å². The van der Waals surface area contributed by atoms with E-state index in [1.165, 1.54) is 24.1 Å². The second kappa shape index (κ2) is 6.44. The van der Waals surface area contributed by atoms with E-state index in [1.54, 1.807) is 16.9 Å². The fraction of sp³-hybridized carbons (Fsp3) is 0.650. The SMILES string of the molecule is CC(C)(C)OC(=O)NC[C@@H]1[C@@H]2C[C@@H]3CC[C@H]1N3C/C2=C\c1cccs1.